The highest BCUT2D eigenvalue weighted by Crippen LogP contribution is 2.42. The third-order valence-electron chi connectivity index (χ3n) is 5.60. The lowest BCUT2D eigenvalue weighted by Crippen LogP contribution is -2.34. The first kappa shape index (κ1) is 17.3. The Morgan fingerprint density at radius 3 is 2.70 bits per heavy atom. The summed E-state index contributed by atoms with van der Waals surface area (Å²) >= 11 is 0. The van der Waals surface area contributed by atoms with Gasteiger partial charge in [0.05, 0.1) is 18.1 Å². The van der Waals surface area contributed by atoms with Gasteiger partial charge in [0, 0.05) is 37.2 Å². The number of benzene rings is 2. The van der Waals surface area contributed by atoms with Crippen LogP contribution >= 0.6 is 0 Å². The summed E-state index contributed by atoms with van der Waals surface area (Å²) < 4.78 is 0. The average Bonchev–Trinajstić information content (AvgIpc) is 3.25. The minimum Gasteiger partial charge on any atom is -0.342 e. The van der Waals surface area contributed by atoms with Crippen molar-refractivity contribution in [1.29, 1.82) is 5.26 Å². The van der Waals surface area contributed by atoms with Gasteiger partial charge in [-0.3, -0.25) is 9.59 Å². The molecule has 2 heterocycles. The Bertz CT molecular complexity index is 919. The summed E-state index contributed by atoms with van der Waals surface area (Å²) in [5.74, 6) is 0.192. The molecule has 27 heavy (non-hydrogen) atoms. The zero-order valence-corrected chi connectivity index (χ0v) is 15.1. The number of likely N-dealkylation sites (tertiary alicyclic amines) is 1. The van der Waals surface area contributed by atoms with E-state index in [2.05, 4.69) is 6.07 Å². The van der Waals surface area contributed by atoms with Crippen molar-refractivity contribution in [3.05, 3.63) is 65.7 Å². The number of hydrogen-bond acceptors (Lipinski definition) is 3. The Labute approximate surface area is 158 Å². The van der Waals surface area contributed by atoms with Gasteiger partial charge in [0.1, 0.15) is 0 Å². The summed E-state index contributed by atoms with van der Waals surface area (Å²) in [6.45, 7) is 1.93. The number of carbonyl (C=O) groups excluding carboxylic acids is 2. The van der Waals surface area contributed by atoms with Crippen molar-refractivity contribution in [3.8, 4) is 6.07 Å². The van der Waals surface area contributed by atoms with Gasteiger partial charge in [-0.15, -0.1) is 0 Å². The van der Waals surface area contributed by atoms with E-state index >= 15 is 0 Å². The Balaban J connectivity index is 1.45. The molecule has 2 aliphatic rings. The van der Waals surface area contributed by atoms with Crippen LogP contribution in [0, 0.1) is 16.7 Å². The predicted octanol–water partition coefficient (Wildman–Crippen LogP) is 2.76. The smallest absolute Gasteiger partial charge is 0.227 e. The molecule has 2 aromatic carbocycles. The molecule has 5 nitrogen and oxygen atoms in total. The molecule has 0 aliphatic carbocycles. The Hall–Kier alpha value is -3.13. The third-order valence-corrected chi connectivity index (χ3v) is 5.60. The highest BCUT2D eigenvalue weighted by Gasteiger charge is 2.48. The van der Waals surface area contributed by atoms with Gasteiger partial charge in [0.25, 0.3) is 0 Å². The molecule has 2 saturated heterocycles. The fourth-order valence-electron chi connectivity index (χ4n) is 4.18. The van der Waals surface area contributed by atoms with Crippen LogP contribution in [0.4, 0.5) is 5.69 Å². The van der Waals surface area contributed by atoms with Gasteiger partial charge in [-0.25, -0.2) is 0 Å². The summed E-state index contributed by atoms with van der Waals surface area (Å²) in [6.07, 6.45) is 1.70. The van der Waals surface area contributed by atoms with Crippen LogP contribution in [0.5, 0.6) is 0 Å². The van der Waals surface area contributed by atoms with E-state index in [9.17, 15) is 9.59 Å². The van der Waals surface area contributed by atoms with Crippen molar-refractivity contribution in [2.45, 2.75) is 19.3 Å². The summed E-state index contributed by atoms with van der Waals surface area (Å²) in [4.78, 5) is 29.0. The fraction of sp³-hybridized carbons (Fsp3) is 0.318. The van der Waals surface area contributed by atoms with Crippen LogP contribution in [0.3, 0.4) is 0 Å². The number of amides is 2. The van der Waals surface area contributed by atoms with E-state index in [-0.39, 0.29) is 17.2 Å². The lowest BCUT2D eigenvalue weighted by molar-refractivity contribution is -0.130. The molecule has 5 heteroatoms. The standard InChI is InChI=1S/C22H21N3O2/c23-14-18-7-4-8-19(11-18)25-16-22(13-21(25)27)9-10-24(15-22)20(26)12-17-5-2-1-3-6-17/h1-8,11H,9-10,12-13,15-16H2. The predicted molar refractivity (Wildman–Crippen MR) is 102 cm³/mol. The second kappa shape index (κ2) is 6.88. The molecule has 2 aromatic rings. The third kappa shape index (κ3) is 3.43. The first-order chi connectivity index (χ1) is 13.1. The molecule has 0 aromatic heterocycles. The van der Waals surface area contributed by atoms with E-state index in [0.717, 1.165) is 17.7 Å². The van der Waals surface area contributed by atoms with Gasteiger partial charge in [-0.05, 0) is 30.2 Å². The van der Waals surface area contributed by atoms with Crippen molar-refractivity contribution in [3.63, 3.8) is 0 Å². The van der Waals surface area contributed by atoms with Crippen molar-refractivity contribution in [2.75, 3.05) is 24.5 Å². The normalized spacial score (nSPS) is 21.7. The van der Waals surface area contributed by atoms with Crippen molar-refractivity contribution in [2.24, 2.45) is 5.41 Å². The maximum atomic E-state index is 12.7. The average molecular weight is 359 g/mol. The summed E-state index contributed by atoms with van der Waals surface area (Å²) in [7, 11) is 0. The zero-order valence-electron chi connectivity index (χ0n) is 15.1. The molecule has 0 radical (unpaired) electrons. The van der Waals surface area contributed by atoms with E-state index in [1.54, 1.807) is 23.1 Å². The number of nitriles is 1. The molecule has 4 rings (SSSR count). The second-order valence-electron chi connectivity index (χ2n) is 7.55. The van der Waals surface area contributed by atoms with Gasteiger partial charge in [0.2, 0.25) is 11.8 Å². The topological polar surface area (TPSA) is 64.4 Å². The van der Waals surface area contributed by atoms with Crippen molar-refractivity contribution >= 4 is 17.5 Å². The van der Waals surface area contributed by atoms with Crippen LogP contribution < -0.4 is 4.90 Å². The van der Waals surface area contributed by atoms with Crippen molar-refractivity contribution < 1.29 is 9.59 Å². The van der Waals surface area contributed by atoms with Gasteiger partial charge in [-0.2, -0.15) is 5.26 Å². The largest absolute Gasteiger partial charge is 0.342 e. The lowest BCUT2D eigenvalue weighted by Gasteiger charge is -2.24. The summed E-state index contributed by atoms with van der Waals surface area (Å²) in [5, 5.41) is 9.10. The second-order valence-corrected chi connectivity index (χ2v) is 7.55. The summed E-state index contributed by atoms with van der Waals surface area (Å²) in [6, 6.07) is 19.0. The maximum absolute atomic E-state index is 12.7. The Morgan fingerprint density at radius 1 is 1.11 bits per heavy atom. The van der Waals surface area contributed by atoms with Crippen LogP contribution in [-0.4, -0.2) is 36.3 Å². The highest BCUT2D eigenvalue weighted by molar-refractivity contribution is 5.96. The quantitative estimate of drug-likeness (QED) is 0.846. The van der Waals surface area contributed by atoms with Gasteiger partial charge >= 0.3 is 0 Å². The SMILES string of the molecule is N#Cc1cccc(N2CC3(CCN(C(=O)Cc4ccccc4)C3)CC2=O)c1. The minimum atomic E-state index is -0.175. The molecule has 0 N–H and O–H groups in total. The highest BCUT2D eigenvalue weighted by atomic mass is 16.2. The minimum absolute atomic E-state index is 0.0717. The fourth-order valence-corrected chi connectivity index (χ4v) is 4.18. The number of nitrogens with zero attached hydrogens (tertiary/aromatic N) is 3. The Morgan fingerprint density at radius 2 is 1.93 bits per heavy atom. The van der Waals surface area contributed by atoms with E-state index in [4.69, 9.17) is 5.26 Å². The summed E-state index contributed by atoms with van der Waals surface area (Å²) in [5.41, 5.74) is 2.16. The molecular formula is C22H21N3O2. The van der Waals surface area contributed by atoms with Gasteiger partial charge in [-0.1, -0.05) is 36.4 Å². The molecule has 1 spiro atoms. The number of rotatable bonds is 3. The van der Waals surface area contributed by atoms with E-state index in [0.29, 0.717) is 38.0 Å². The van der Waals surface area contributed by atoms with Gasteiger partial charge in [0.15, 0.2) is 0 Å². The van der Waals surface area contributed by atoms with Crippen LogP contribution in [0.1, 0.15) is 24.0 Å². The molecule has 2 fully saturated rings. The first-order valence-corrected chi connectivity index (χ1v) is 9.21. The number of hydrogen-bond donors (Lipinski definition) is 0. The van der Waals surface area contributed by atoms with E-state index in [1.807, 2.05) is 41.3 Å². The van der Waals surface area contributed by atoms with E-state index < -0.39 is 0 Å². The molecular weight excluding hydrogens is 338 g/mol. The van der Waals surface area contributed by atoms with Crippen molar-refractivity contribution in [1.82, 2.24) is 4.90 Å². The zero-order chi connectivity index (χ0) is 18.9. The van der Waals surface area contributed by atoms with Crippen LogP contribution in [0.2, 0.25) is 0 Å². The molecule has 2 aliphatic heterocycles. The molecule has 2 amide bonds. The van der Waals surface area contributed by atoms with Crippen LogP contribution in [0.25, 0.3) is 0 Å². The number of anilines is 1. The van der Waals surface area contributed by atoms with Crippen LogP contribution in [0.15, 0.2) is 54.6 Å². The molecule has 1 unspecified atom stereocenters. The molecule has 136 valence electrons. The lowest BCUT2D eigenvalue weighted by atomic mass is 9.86. The van der Waals surface area contributed by atoms with Crippen LogP contribution in [-0.2, 0) is 16.0 Å². The van der Waals surface area contributed by atoms with E-state index in [1.165, 1.54) is 0 Å². The first-order valence-electron chi connectivity index (χ1n) is 9.21. The molecule has 0 saturated carbocycles. The maximum Gasteiger partial charge on any atom is 0.227 e. The monoisotopic (exact) mass is 359 g/mol. The van der Waals surface area contributed by atoms with Gasteiger partial charge < -0.3 is 9.80 Å². The molecule has 0 bridgehead atoms. The number of carbonyl (C=O) groups is 2. The Kier molecular flexibility index (Phi) is 4.41. The molecule has 1 atom stereocenters.